The maximum atomic E-state index is 6.97. The first-order chi connectivity index (χ1) is 30.7. The molecule has 0 spiro atoms. The number of ether oxygens (including phenoxy) is 1. The highest BCUT2D eigenvalue weighted by Crippen LogP contribution is 2.45. The molecule has 5 heteroatoms. The molecule has 0 saturated heterocycles. The number of para-hydroxylation sites is 1. The Morgan fingerprint density at radius 2 is 1.09 bits per heavy atom. The van der Waals surface area contributed by atoms with Crippen molar-refractivity contribution in [1.82, 2.24) is 9.55 Å². The average molecular weight is 857 g/mol. The number of benzene rings is 6. The fourth-order valence-electron chi connectivity index (χ4n) is 9.70. The van der Waals surface area contributed by atoms with Crippen molar-refractivity contribution >= 4 is 33.2 Å². The van der Waals surface area contributed by atoms with E-state index in [1.54, 1.807) is 0 Å². The van der Waals surface area contributed by atoms with Crippen molar-refractivity contribution < 1.29 is 4.74 Å². The summed E-state index contributed by atoms with van der Waals surface area (Å²) in [5, 5.41) is 2.36. The molecular weight excluding hydrogens is 793 g/mol. The van der Waals surface area contributed by atoms with Gasteiger partial charge in [-0.05, 0) is 155 Å². The van der Waals surface area contributed by atoms with Crippen molar-refractivity contribution in [2.45, 2.75) is 101 Å². The van der Waals surface area contributed by atoms with Crippen LogP contribution < -0.4 is 14.5 Å². The van der Waals surface area contributed by atoms with Gasteiger partial charge in [-0.15, -0.1) is 0 Å². The minimum Gasteiger partial charge on any atom is -0.457 e. The number of fused-ring (bicyclic) bond motifs is 3. The summed E-state index contributed by atoms with van der Waals surface area (Å²) in [6.07, 6.45) is 4.29. The second kappa shape index (κ2) is 16.1. The zero-order valence-corrected chi connectivity index (χ0v) is 40.7. The van der Waals surface area contributed by atoms with Crippen LogP contribution >= 0.6 is 0 Å². The van der Waals surface area contributed by atoms with Crippen LogP contribution in [0.2, 0.25) is 0 Å². The predicted molar refractivity (Wildman–Crippen MR) is 276 cm³/mol. The monoisotopic (exact) mass is 857 g/mol. The van der Waals surface area contributed by atoms with Crippen LogP contribution in [0.25, 0.3) is 49.9 Å². The Labute approximate surface area is 387 Å². The van der Waals surface area contributed by atoms with Crippen molar-refractivity contribution in [3.63, 3.8) is 0 Å². The largest absolute Gasteiger partial charge is 0.457 e. The number of nitrogens with zero attached hydrogens (tertiary/aromatic N) is 4. The van der Waals surface area contributed by atoms with Gasteiger partial charge in [0.15, 0.2) is 0 Å². The summed E-state index contributed by atoms with van der Waals surface area (Å²) < 4.78 is 9.25. The summed E-state index contributed by atoms with van der Waals surface area (Å²) in [5.74, 6) is 2.49. The van der Waals surface area contributed by atoms with Crippen LogP contribution in [-0.2, 0) is 10.8 Å². The molecule has 5 nitrogen and oxygen atoms in total. The fraction of sp³-hybridized carbons (Fsp3) is 0.283. The minimum atomic E-state index is -0.141. The van der Waals surface area contributed by atoms with Crippen LogP contribution in [0.5, 0.6) is 11.5 Å². The molecule has 1 aliphatic rings. The molecule has 0 N–H and O–H groups in total. The van der Waals surface area contributed by atoms with E-state index < -0.39 is 0 Å². The SMILES string of the molecule is Cc1cccc(C)c1-c1cc(-c2c(C)cccc2C)cc(N2CN(c3cc(Oc4ccc5c6ccccc6n(-c6cc(C(C)(C)C)ccn6)c5c4)cc(C(C)(C)C)c3)C=C2C(C)(C)C)c1. The Bertz CT molecular complexity index is 3050. The Morgan fingerprint density at radius 3 is 1.69 bits per heavy atom. The molecule has 0 unspecified atom stereocenters. The lowest BCUT2D eigenvalue weighted by molar-refractivity contribution is 0.479. The lowest BCUT2D eigenvalue weighted by Gasteiger charge is -2.32. The van der Waals surface area contributed by atoms with Crippen LogP contribution in [0.3, 0.4) is 0 Å². The quantitative estimate of drug-likeness (QED) is 0.160. The van der Waals surface area contributed by atoms with Gasteiger partial charge in [-0.25, -0.2) is 4.98 Å². The standard InChI is InChI=1S/C60H64N4O/c1-38-18-16-19-39(2)56(38)42-28-43(57-40(3)20-17-21-41(57)4)30-47(29-42)63-37-62(36-54(63)60(11,12)13)46-31-45(59(8,9)10)32-49(34-46)65-48-24-25-51-50-22-14-15-23-52(50)64(53(51)35-48)55-33-44(26-27-61-55)58(5,6)7/h14-36H,37H2,1-13H3. The average Bonchev–Trinajstić information content (AvgIpc) is 3.84. The van der Waals surface area contributed by atoms with Crippen molar-refractivity contribution in [2.24, 2.45) is 5.41 Å². The summed E-state index contributed by atoms with van der Waals surface area (Å²) in [4.78, 5) is 9.84. The normalized spacial score (nSPS) is 13.6. The lowest BCUT2D eigenvalue weighted by Crippen LogP contribution is -2.30. The second-order valence-corrected chi connectivity index (χ2v) is 21.4. The van der Waals surface area contributed by atoms with E-state index in [4.69, 9.17) is 9.72 Å². The number of rotatable bonds is 7. The lowest BCUT2D eigenvalue weighted by atomic mass is 9.86. The number of anilines is 2. The topological polar surface area (TPSA) is 33.5 Å². The third-order valence-corrected chi connectivity index (χ3v) is 13.2. The first-order valence-electron chi connectivity index (χ1n) is 23.1. The Balaban J connectivity index is 1.14. The van der Waals surface area contributed by atoms with Crippen LogP contribution in [0.4, 0.5) is 11.4 Å². The predicted octanol–water partition coefficient (Wildman–Crippen LogP) is 16.3. The molecule has 6 aromatic carbocycles. The number of pyridine rings is 1. The maximum absolute atomic E-state index is 6.97. The van der Waals surface area contributed by atoms with Gasteiger partial charge in [0, 0.05) is 57.8 Å². The van der Waals surface area contributed by atoms with Gasteiger partial charge in [0.25, 0.3) is 0 Å². The number of hydrogen-bond donors (Lipinski definition) is 0. The molecule has 0 bridgehead atoms. The molecule has 0 saturated carbocycles. The van der Waals surface area contributed by atoms with Gasteiger partial charge < -0.3 is 14.5 Å². The molecule has 9 rings (SSSR count). The first-order valence-corrected chi connectivity index (χ1v) is 23.1. The number of hydrogen-bond acceptors (Lipinski definition) is 4. The highest BCUT2D eigenvalue weighted by atomic mass is 16.5. The minimum absolute atomic E-state index is 0.0104. The van der Waals surface area contributed by atoms with Crippen molar-refractivity contribution in [3.8, 4) is 39.6 Å². The molecule has 0 aliphatic carbocycles. The second-order valence-electron chi connectivity index (χ2n) is 21.4. The molecule has 8 aromatic rings. The highest BCUT2D eigenvalue weighted by Gasteiger charge is 2.33. The third kappa shape index (κ3) is 8.34. The molecule has 0 fully saturated rings. The van der Waals surface area contributed by atoms with Crippen LogP contribution in [0.1, 0.15) is 95.7 Å². The van der Waals surface area contributed by atoms with E-state index in [9.17, 15) is 0 Å². The Kier molecular flexibility index (Phi) is 10.8. The van der Waals surface area contributed by atoms with Gasteiger partial charge in [-0.2, -0.15) is 0 Å². The molecule has 1 aliphatic heterocycles. The molecular formula is C60H64N4O. The first kappa shape index (κ1) is 43.7. The van der Waals surface area contributed by atoms with E-state index in [0.717, 1.165) is 34.0 Å². The summed E-state index contributed by atoms with van der Waals surface area (Å²) in [5.41, 5.74) is 18.1. The van der Waals surface area contributed by atoms with Crippen molar-refractivity contribution in [2.75, 3.05) is 16.5 Å². The fourth-order valence-corrected chi connectivity index (χ4v) is 9.70. The van der Waals surface area contributed by atoms with Gasteiger partial charge in [-0.3, -0.25) is 4.57 Å². The summed E-state index contributed by atoms with van der Waals surface area (Å²) in [6, 6.07) is 46.6. The van der Waals surface area contributed by atoms with Crippen LogP contribution in [-0.4, -0.2) is 16.2 Å². The van der Waals surface area contributed by atoms with E-state index in [-0.39, 0.29) is 16.2 Å². The third-order valence-electron chi connectivity index (χ3n) is 13.2. The molecule has 65 heavy (non-hydrogen) atoms. The summed E-state index contributed by atoms with van der Waals surface area (Å²) >= 11 is 0. The van der Waals surface area contributed by atoms with Gasteiger partial charge >= 0.3 is 0 Å². The molecule has 0 atom stereocenters. The molecule has 3 heterocycles. The van der Waals surface area contributed by atoms with Gasteiger partial charge in [0.2, 0.25) is 0 Å². The Hall–Kier alpha value is -6.59. The maximum Gasteiger partial charge on any atom is 0.137 e. The summed E-state index contributed by atoms with van der Waals surface area (Å²) in [7, 11) is 0. The van der Waals surface area contributed by atoms with Gasteiger partial charge in [0.1, 0.15) is 17.3 Å². The van der Waals surface area contributed by atoms with Crippen molar-refractivity contribution in [1.29, 1.82) is 0 Å². The van der Waals surface area contributed by atoms with Crippen molar-refractivity contribution in [3.05, 3.63) is 179 Å². The molecule has 0 radical (unpaired) electrons. The smallest absolute Gasteiger partial charge is 0.137 e. The molecule has 330 valence electrons. The number of aromatic nitrogens is 2. The van der Waals surface area contributed by atoms with E-state index in [1.165, 1.54) is 77.8 Å². The van der Waals surface area contributed by atoms with E-state index in [2.05, 4.69) is 238 Å². The zero-order chi connectivity index (χ0) is 46.2. The van der Waals surface area contributed by atoms with E-state index in [0.29, 0.717) is 6.67 Å². The van der Waals surface area contributed by atoms with Gasteiger partial charge in [-0.1, -0.05) is 117 Å². The van der Waals surface area contributed by atoms with E-state index >= 15 is 0 Å². The van der Waals surface area contributed by atoms with E-state index in [1.807, 2.05) is 6.20 Å². The summed E-state index contributed by atoms with van der Waals surface area (Å²) in [6.45, 7) is 30.1. The molecule has 2 aromatic heterocycles. The van der Waals surface area contributed by atoms with Gasteiger partial charge in [0.05, 0.1) is 17.7 Å². The Morgan fingerprint density at radius 1 is 0.492 bits per heavy atom. The number of aryl methyl sites for hydroxylation is 4. The highest BCUT2D eigenvalue weighted by molar-refractivity contribution is 6.09. The molecule has 0 amide bonds. The van der Waals surface area contributed by atoms with Crippen LogP contribution in [0.15, 0.2) is 145 Å². The zero-order valence-electron chi connectivity index (χ0n) is 40.7. The number of allylic oxidation sites excluding steroid dienone is 1. The van der Waals surface area contributed by atoms with Crippen LogP contribution in [0, 0.1) is 33.1 Å².